The van der Waals surface area contributed by atoms with Crippen LogP contribution in [0.5, 0.6) is 0 Å². The van der Waals surface area contributed by atoms with E-state index < -0.39 is 0 Å². The summed E-state index contributed by atoms with van der Waals surface area (Å²) < 4.78 is 0. The molecule has 0 aliphatic heterocycles. The van der Waals surface area contributed by atoms with Gasteiger partial charge in [0.25, 0.3) is 0 Å². The van der Waals surface area contributed by atoms with E-state index in [1.807, 2.05) is 79.7 Å². The summed E-state index contributed by atoms with van der Waals surface area (Å²) in [6, 6.07) is 19.6. The number of carbonyl (C=O) groups is 1. The van der Waals surface area contributed by atoms with Crippen molar-refractivity contribution >= 4 is 11.7 Å². The molecule has 2 aromatic carbocycles. The molecule has 1 N–H and O–H groups in total. The first kappa shape index (κ1) is 23.4. The molecule has 174 valence electrons. The Labute approximate surface area is 202 Å². The summed E-state index contributed by atoms with van der Waals surface area (Å²) in [6.07, 6.45) is 6.40. The Morgan fingerprint density at radius 2 is 1.74 bits per heavy atom. The van der Waals surface area contributed by atoms with Crippen LogP contribution in [0.2, 0.25) is 0 Å². The van der Waals surface area contributed by atoms with Gasteiger partial charge in [0.2, 0.25) is 5.91 Å². The summed E-state index contributed by atoms with van der Waals surface area (Å²) in [5.74, 6) is 1.77. The molecule has 1 heterocycles. The van der Waals surface area contributed by atoms with Crippen molar-refractivity contribution in [2.75, 3.05) is 11.4 Å². The fourth-order valence-corrected chi connectivity index (χ4v) is 4.30. The Morgan fingerprint density at radius 3 is 2.35 bits per heavy atom. The molecular formula is C29H32N4O. The smallest absolute Gasteiger partial charge is 0.243 e. The fourth-order valence-electron chi connectivity index (χ4n) is 4.30. The van der Waals surface area contributed by atoms with Crippen LogP contribution in [-0.4, -0.2) is 28.5 Å². The van der Waals surface area contributed by atoms with E-state index in [-0.39, 0.29) is 11.9 Å². The van der Waals surface area contributed by atoms with E-state index in [1.165, 1.54) is 0 Å². The number of allylic oxidation sites excluding steroid dienone is 1. The van der Waals surface area contributed by atoms with E-state index in [1.54, 1.807) is 0 Å². The summed E-state index contributed by atoms with van der Waals surface area (Å²) in [5, 5.41) is 3.16. The molecule has 0 bridgehead atoms. The van der Waals surface area contributed by atoms with Crippen LogP contribution in [0.25, 0.3) is 11.4 Å². The first-order chi connectivity index (χ1) is 16.6. The van der Waals surface area contributed by atoms with Gasteiger partial charge in [-0.15, -0.1) is 13.2 Å². The number of hydrogen-bond donors (Lipinski definition) is 1. The highest BCUT2D eigenvalue weighted by Crippen LogP contribution is 2.38. The SMILES string of the molecule is C=CCc1c(C)nc(-c2ccccc2)nc1N(CC=C)C(C(=O)NCc1ccccc1)C1CC1. The topological polar surface area (TPSA) is 58.1 Å². The van der Waals surface area contributed by atoms with Crippen molar-refractivity contribution in [1.82, 2.24) is 15.3 Å². The molecule has 1 atom stereocenters. The highest BCUT2D eigenvalue weighted by molar-refractivity contribution is 5.86. The predicted octanol–water partition coefficient (Wildman–Crippen LogP) is 5.27. The Balaban J connectivity index is 1.72. The zero-order chi connectivity index (χ0) is 23.9. The maximum atomic E-state index is 13.5. The number of carbonyl (C=O) groups excluding carboxylic acids is 1. The third-order valence-corrected chi connectivity index (χ3v) is 6.15. The van der Waals surface area contributed by atoms with E-state index in [4.69, 9.17) is 9.97 Å². The van der Waals surface area contributed by atoms with Crippen molar-refractivity contribution in [3.8, 4) is 11.4 Å². The second kappa shape index (κ2) is 10.9. The molecule has 1 aromatic heterocycles. The van der Waals surface area contributed by atoms with Crippen molar-refractivity contribution in [1.29, 1.82) is 0 Å². The lowest BCUT2D eigenvalue weighted by atomic mass is 10.0. The Kier molecular flexibility index (Phi) is 7.53. The van der Waals surface area contributed by atoms with Gasteiger partial charge in [0.05, 0.1) is 0 Å². The Hall–Kier alpha value is -3.73. The molecule has 5 nitrogen and oxygen atoms in total. The molecule has 0 spiro atoms. The molecule has 4 rings (SSSR count). The molecule has 0 radical (unpaired) electrons. The molecule has 1 aliphatic rings. The van der Waals surface area contributed by atoms with Gasteiger partial charge in [-0.3, -0.25) is 4.79 Å². The van der Waals surface area contributed by atoms with Crippen LogP contribution in [0.3, 0.4) is 0 Å². The minimum absolute atomic E-state index is 0.0234. The van der Waals surface area contributed by atoms with Crippen LogP contribution in [-0.2, 0) is 17.8 Å². The maximum Gasteiger partial charge on any atom is 0.243 e. The normalized spacial score (nSPS) is 13.7. The zero-order valence-electron chi connectivity index (χ0n) is 19.8. The molecular weight excluding hydrogens is 420 g/mol. The van der Waals surface area contributed by atoms with E-state index in [9.17, 15) is 4.79 Å². The Bertz CT molecular complexity index is 1140. The zero-order valence-corrected chi connectivity index (χ0v) is 19.8. The molecule has 1 aliphatic carbocycles. The monoisotopic (exact) mass is 452 g/mol. The van der Waals surface area contributed by atoms with Crippen LogP contribution < -0.4 is 10.2 Å². The molecule has 34 heavy (non-hydrogen) atoms. The third-order valence-electron chi connectivity index (χ3n) is 6.15. The first-order valence-electron chi connectivity index (χ1n) is 11.9. The number of hydrogen-bond acceptors (Lipinski definition) is 4. The van der Waals surface area contributed by atoms with Crippen LogP contribution in [0, 0.1) is 12.8 Å². The lowest BCUT2D eigenvalue weighted by molar-refractivity contribution is -0.123. The summed E-state index contributed by atoms with van der Waals surface area (Å²) in [5.41, 5.74) is 3.93. The molecule has 3 aromatic rings. The number of anilines is 1. The van der Waals surface area contributed by atoms with Gasteiger partial charge in [-0.1, -0.05) is 72.8 Å². The number of benzene rings is 2. The van der Waals surface area contributed by atoms with E-state index >= 15 is 0 Å². The van der Waals surface area contributed by atoms with Crippen LogP contribution in [0.4, 0.5) is 5.82 Å². The fraction of sp³-hybridized carbons (Fsp3) is 0.276. The van der Waals surface area contributed by atoms with Gasteiger partial charge in [0.15, 0.2) is 5.82 Å². The summed E-state index contributed by atoms with van der Waals surface area (Å²) in [7, 11) is 0. The largest absolute Gasteiger partial charge is 0.350 e. The highest BCUT2D eigenvalue weighted by Gasteiger charge is 2.41. The number of rotatable bonds is 11. The standard InChI is InChI=1S/C29H32N4O/c1-4-12-25-21(3)31-27(24-15-10-7-11-16-24)32-28(25)33(19-5-2)26(23-17-18-23)29(34)30-20-22-13-8-6-9-14-22/h4-11,13-16,23,26H,1-2,12,17-20H2,3H3,(H,30,34). The molecule has 1 fully saturated rings. The number of amides is 1. The van der Waals surface area contributed by atoms with Gasteiger partial charge < -0.3 is 10.2 Å². The van der Waals surface area contributed by atoms with Gasteiger partial charge in [-0.05, 0) is 37.7 Å². The van der Waals surface area contributed by atoms with Gasteiger partial charge in [-0.25, -0.2) is 9.97 Å². The number of aromatic nitrogens is 2. The van der Waals surface area contributed by atoms with E-state index in [2.05, 4.69) is 23.4 Å². The number of nitrogens with one attached hydrogen (secondary N) is 1. The van der Waals surface area contributed by atoms with Gasteiger partial charge in [-0.2, -0.15) is 0 Å². The van der Waals surface area contributed by atoms with Gasteiger partial charge in [0, 0.05) is 29.9 Å². The van der Waals surface area contributed by atoms with E-state index in [0.29, 0.717) is 31.3 Å². The molecule has 1 unspecified atom stereocenters. The Morgan fingerprint density at radius 1 is 1.06 bits per heavy atom. The van der Waals surface area contributed by atoms with Gasteiger partial charge in [0.1, 0.15) is 11.9 Å². The summed E-state index contributed by atoms with van der Waals surface area (Å²) in [6.45, 7) is 11.0. The quantitative estimate of drug-likeness (QED) is 0.403. The van der Waals surface area contributed by atoms with Crippen molar-refractivity contribution in [2.45, 2.75) is 38.8 Å². The molecule has 0 saturated heterocycles. The van der Waals surface area contributed by atoms with Crippen molar-refractivity contribution in [3.05, 3.63) is 103 Å². The third kappa shape index (κ3) is 5.42. The lowest BCUT2D eigenvalue weighted by Gasteiger charge is -2.33. The summed E-state index contributed by atoms with van der Waals surface area (Å²) >= 11 is 0. The van der Waals surface area contributed by atoms with Crippen LogP contribution in [0.1, 0.15) is 29.7 Å². The maximum absolute atomic E-state index is 13.5. The number of aryl methyl sites for hydroxylation is 1. The van der Waals surface area contributed by atoms with Crippen LogP contribution >= 0.6 is 0 Å². The second-order valence-electron chi connectivity index (χ2n) is 8.72. The summed E-state index contributed by atoms with van der Waals surface area (Å²) in [4.78, 5) is 25.5. The van der Waals surface area contributed by atoms with E-state index in [0.717, 1.165) is 41.0 Å². The molecule has 1 amide bonds. The predicted molar refractivity (Wildman–Crippen MR) is 138 cm³/mol. The van der Waals surface area contributed by atoms with Gasteiger partial charge >= 0.3 is 0 Å². The second-order valence-corrected chi connectivity index (χ2v) is 8.72. The van der Waals surface area contributed by atoms with Crippen LogP contribution in [0.15, 0.2) is 86.0 Å². The lowest BCUT2D eigenvalue weighted by Crippen LogP contribution is -2.49. The minimum Gasteiger partial charge on any atom is -0.350 e. The average Bonchev–Trinajstić information content (AvgIpc) is 3.70. The van der Waals surface area contributed by atoms with Crippen molar-refractivity contribution in [3.63, 3.8) is 0 Å². The average molecular weight is 453 g/mol. The van der Waals surface area contributed by atoms with Crippen molar-refractivity contribution < 1.29 is 4.79 Å². The number of nitrogens with zero attached hydrogens (tertiary/aromatic N) is 3. The molecule has 1 saturated carbocycles. The minimum atomic E-state index is -0.316. The molecule has 5 heteroatoms. The highest BCUT2D eigenvalue weighted by atomic mass is 16.2. The van der Waals surface area contributed by atoms with Crippen molar-refractivity contribution in [2.24, 2.45) is 5.92 Å². The first-order valence-corrected chi connectivity index (χ1v) is 11.9.